The Balaban J connectivity index is 1.70. The Labute approximate surface area is 166 Å². The van der Waals surface area contributed by atoms with Crippen LogP contribution in [0.15, 0.2) is 30.3 Å². The molecule has 2 aliphatic heterocycles. The number of rotatable bonds is 6. The third-order valence-electron chi connectivity index (χ3n) is 5.74. The lowest BCUT2D eigenvalue weighted by Crippen LogP contribution is -2.65. The zero-order chi connectivity index (χ0) is 20.2. The molecule has 2 heterocycles. The van der Waals surface area contributed by atoms with E-state index in [0.717, 1.165) is 5.56 Å². The SMILES string of the molecule is COCCN1[C@@H]2CCN(C(=O)OCc3ccccc3)C[C@]2(CO)CCS1(=O)=O. The summed E-state index contributed by atoms with van der Waals surface area (Å²) in [7, 11) is -1.86. The molecule has 0 unspecified atom stereocenters. The van der Waals surface area contributed by atoms with Crippen molar-refractivity contribution in [1.82, 2.24) is 9.21 Å². The van der Waals surface area contributed by atoms with E-state index in [9.17, 15) is 18.3 Å². The molecule has 1 amide bonds. The van der Waals surface area contributed by atoms with Gasteiger partial charge < -0.3 is 19.5 Å². The number of nitrogens with zero attached hydrogens (tertiary/aromatic N) is 2. The molecule has 0 spiro atoms. The number of hydrogen-bond donors (Lipinski definition) is 1. The first-order chi connectivity index (χ1) is 13.4. The highest BCUT2D eigenvalue weighted by atomic mass is 32.2. The van der Waals surface area contributed by atoms with Crippen molar-refractivity contribution in [2.75, 3.05) is 45.7 Å². The largest absolute Gasteiger partial charge is 0.445 e. The normalized spacial score (nSPS) is 27.2. The van der Waals surface area contributed by atoms with E-state index in [-0.39, 0.29) is 38.1 Å². The smallest absolute Gasteiger partial charge is 0.410 e. The maximum atomic E-state index is 12.6. The number of carbonyl (C=O) groups is 1. The maximum Gasteiger partial charge on any atom is 0.410 e. The van der Waals surface area contributed by atoms with Gasteiger partial charge in [0, 0.05) is 38.2 Å². The number of carbonyl (C=O) groups excluding carboxylic acids is 1. The van der Waals surface area contributed by atoms with Gasteiger partial charge in [0.1, 0.15) is 6.61 Å². The summed E-state index contributed by atoms with van der Waals surface area (Å²) in [5.41, 5.74) is 0.223. The lowest BCUT2D eigenvalue weighted by atomic mass is 9.73. The second-order valence-corrected chi connectivity index (χ2v) is 9.50. The van der Waals surface area contributed by atoms with Crippen LogP contribution in [0.25, 0.3) is 0 Å². The van der Waals surface area contributed by atoms with E-state index in [1.807, 2.05) is 30.3 Å². The molecule has 0 saturated carbocycles. The molecule has 0 aliphatic carbocycles. The standard InChI is InChI=1S/C19H28N2O6S/c1-26-11-10-21-17-7-9-20(14-19(17,15-22)8-12-28(21,24)25)18(23)27-13-16-5-3-2-4-6-16/h2-6,17,22H,7-15H2,1H3/t17-,19+/m1/s1. The van der Waals surface area contributed by atoms with Gasteiger partial charge in [-0.05, 0) is 18.4 Å². The summed E-state index contributed by atoms with van der Waals surface area (Å²) in [5, 5.41) is 10.2. The second kappa shape index (κ2) is 8.77. The van der Waals surface area contributed by atoms with E-state index >= 15 is 0 Å². The predicted octanol–water partition coefficient (Wildman–Crippen LogP) is 1.06. The van der Waals surface area contributed by atoms with Crippen LogP contribution in [-0.2, 0) is 26.1 Å². The Morgan fingerprint density at radius 1 is 1.32 bits per heavy atom. The molecule has 1 N–H and O–H groups in total. The highest BCUT2D eigenvalue weighted by Crippen LogP contribution is 2.42. The molecule has 156 valence electrons. The Morgan fingerprint density at radius 3 is 2.75 bits per heavy atom. The maximum absolute atomic E-state index is 12.6. The molecule has 2 saturated heterocycles. The van der Waals surface area contributed by atoms with Gasteiger partial charge in [-0.3, -0.25) is 0 Å². The number of sulfonamides is 1. The molecular weight excluding hydrogens is 384 g/mol. The number of ether oxygens (including phenoxy) is 2. The van der Waals surface area contributed by atoms with Crippen molar-refractivity contribution in [3.05, 3.63) is 35.9 Å². The first-order valence-electron chi connectivity index (χ1n) is 9.47. The summed E-state index contributed by atoms with van der Waals surface area (Å²) in [4.78, 5) is 14.1. The van der Waals surface area contributed by atoms with Crippen LogP contribution < -0.4 is 0 Å². The number of amides is 1. The highest BCUT2D eigenvalue weighted by Gasteiger charge is 2.53. The Bertz CT molecular complexity index is 772. The second-order valence-electron chi connectivity index (χ2n) is 7.46. The van der Waals surface area contributed by atoms with Crippen molar-refractivity contribution in [3.8, 4) is 0 Å². The van der Waals surface area contributed by atoms with E-state index in [1.165, 1.54) is 11.4 Å². The van der Waals surface area contributed by atoms with E-state index < -0.39 is 21.5 Å². The van der Waals surface area contributed by atoms with Crippen molar-refractivity contribution in [2.45, 2.75) is 25.5 Å². The minimum absolute atomic E-state index is 0.0410. The van der Waals surface area contributed by atoms with E-state index in [0.29, 0.717) is 26.0 Å². The third kappa shape index (κ3) is 4.32. The predicted molar refractivity (Wildman–Crippen MR) is 103 cm³/mol. The van der Waals surface area contributed by atoms with Gasteiger partial charge in [0.2, 0.25) is 10.0 Å². The van der Waals surface area contributed by atoms with Crippen LogP contribution in [0.4, 0.5) is 4.79 Å². The number of piperidine rings is 1. The summed E-state index contributed by atoms with van der Waals surface area (Å²) >= 11 is 0. The zero-order valence-electron chi connectivity index (χ0n) is 16.1. The molecule has 0 bridgehead atoms. The molecular formula is C19H28N2O6S. The number of hydrogen-bond acceptors (Lipinski definition) is 6. The number of benzene rings is 1. The third-order valence-corrected chi connectivity index (χ3v) is 7.61. The number of aliphatic hydroxyl groups is 1. The molecule has 0 aromatic heterocycles. The van der Waals surface area contributed by atoms with Gasteiger partial charge in [-0.25, -0.2) is 13.2 Å². The molecule has 28 heavy (non-hydrogen) atoms. The van der Waals surface area contributed by atoms with Gasteiger partial charge >= 0.3 is 6.09 Å². The highest BCUT2D eigenvalue weighted by molar-refractivity contribution is 7.89. The van der Waals surface area contributed by atoms with Crippen LogP contribution in [0.2, 0.25) is 0 Å². The topological polar surface area (TPSA) is 96.4 Å². The molecule has 2 atom stereocenters. The van der Waals surface area contributed by atoms with Gasteiger partial charge in [0.05, 0.1) is 19.0 Å². The number of likely N-dealkylation sites (tertiary alicyclic amines) is 1. The van der Waals surface area contributed by atoms with Gasteiger partial charge in [0.15, 0.2) is 0 Å². The Hall–Kier alpha value is -1.68. The molecule has 1 aromatic rings. The monoisotopic (exact) mass is 412 g/mol. The Morgan fingerprint density at radius 2 is 2.07 bits per heavy atom. The fourth-order valence-corrected chi connectivity index (χ4v) is 6.13. The first kappa shape index (κ1) is 21.0. The number of fused-ring (bicyclic) bond motifs is 1. The van der Waals surface area contributed by atoms with E-state index in [2.05, 4.69) is 0 Å². The van der Waals surface area contributed by atoms with Crippen LogP contribution in [0.3, 0.4) is 0 Å². The molecule has 0 radical (unpaired) electrons. The van der Waals surface area contributed by atoms with Crippen molar-refractivity contribution >= 4 is 16.1 Å². The summed E-state index contributed by atoms with van der Waals surface area (Å²) in [6, 6.07) is 9.08. The van der Waals surface area contributed by atoms with Gasteiger partial charge in [-0.15, -0.1) is 0 Å². The molecule has 2 fully saturated rings. The molecule has 1 aromatic carbocycles. The first-order valence-corrected chi connectivity index (χ1v) is 11.1. The average Bonchev–Trinajstić information content (AvgIpc) is 2.71. The fraction of sp³-hybridized carbons (Fsp3) is 0.632. The summed E-state index contributed by atoms with van der Waals surface area (Å²) in [6.45, 7) is 1.21. The van der Waals surface area contributed by atoms with Crippen molar-refractivity contribution < 1.29 is 27.8 Å². The van der Waals surface area contributed by atoms with Crippen LogP contribution in [-0.4, -0.2) is 80.6 Å². The average molecular weight is 413 g/mol. The molecule has 3 rings (SSSR count). The summed E-state index contributed by atoms with van der Waals surface area (Å²) < 4.78 is 37.1. The van der Waals surface area contributed by atoms with Crippen molar-refractivity contribution in [1.29, 1.82) is 0 Å². The minimum Gasteiger partial charge on any atom is -0.445 e. The number of methoxy groups -OCH3 is 1. The van der Waals surface area contributed by atoms with E-state index in [1.54, 1.807) is 4.90 Å². The van der Waals surface area contributed by atoms with E-state index in [4.69, 9.17) is 9.47 Å². The van der Waals surface area contributed by atoms with Gasteiger partial charge in [0.25, 0.3) is 0 Å². The molecule has 8 nitrogen and oxygen atoms in total. The lowest BCUT2D eigenvalue weighted by molar-refractivity contribution is -0.0358. The summed E-state index contributed by atoms with van der Waals surface area (Å²) in [5.74, 6) is -0.0410. The number of aliphatic hydroxyl groups excluding tert-OH is 1. The lowest BCUT2D eigenvalue weighted by Gasteiger charge is -2.53. The minimum atomic E-state index is -3.39. The molecule has 2 aliphatic rings. The van der Waals surface area contributed by atoms with Gasteiger partial charge in [-0.1, -0.05) is 30.3 Å². The van der Waals surface area contributed by atoms with Crippen LogP contribution in [0.1, 0.15) is 18.4 Å². The molecule has 9 heteroatoms. The van der Waals surface area contributed by atoms with Crippen LogP contribution >= 0.6 is 0 Å². The van der Waals surface area contributed by atoms with Gasteiger partial charge in [-0.2, -0.15) is 4.31 Å². The Kier molecular flexibility index (Phi) is 6.59. The van der Waals surface area contributed by atoms with Crippen molar-refractivity contribution in [2.24, 2.45) is 5.41 Å². The fourth-order valence-electron chi connectivity index (χ4n) is 4.16. The zero-order valence-corrected chi connectivity index (χ0v) is 16.9. The summed E-state index contributed by atoms with van der Waals surface area (Å²) in [6.07, 6.45) is 0.346. The van der Waals surface area contributed by atoms with Crippen LogP contribution in [0, 0.1) is 5.41 Å². The quantitative estimate of drug-likeness (QED) is 0.751. The van der Waals surface area contributed by atoms with Crippen molar-refractivity contribution in [3.63, 3.8) is 0 Å². The van der Waals surface area contributed by atoms with Crippen LogP contribution in [0.5, 0.6) is 0 Å².